The number of halogens is 1. The molecule has 0 aliphatic carbocycles. The van der Waals surface area contributed by atoms with Crippen LogP contribution in [0.2, 0.25) is 5.02 Å². The Morgan fingerprint density at radius 1 is 0.882 bits per heavy atom. The first kappa shape index (κ1) is 22.7. The molecule has 2 aliphatic rings. The number of rotatable bonds is 6. The molecule has 0 atom stereocenters. The van der Waals surface area contributed by atoms with Gasteiger partial charge in [0, 0.05) is 36.8 Å². The summed E-state index contributed by atoms with van der Waals surface area (Å²) in [6, 6.07) is 9.67. The second-order valence-corrected chi connectivity index (χ2v) is 9.30. The third-order valence-electron chi connectivity index (χ3n) is 6.33. The van der Waals surface area contributed by atoms with Crippen molar-refractivity contribution >= 4 is 35.7 Å². The fraction of sp³-hybridized carbons (Fsp3) is 0.440. The summed E-state index contributed by atoms with van der Waals surface area (Å²) in [6.45, 7) is 5.88. The SMILES string of the molecule is Cc1ccc(-c2ccc(C=NNc3nc(N4CCCCC4)nc(N4CCCCC4)n3)o2)cc1Cl. The minimum absolute atomic E-state index is 0.449. The van der Waals surface area contributed by atoms with Gasteiger partial charge >= 0.3 is 0 Å². The van der Waals surface area contributed by atoms with Gasteiger partial charge in [0.2, 0.25) is 17.8 Å². The second-order valence-electron chi connectivity index (χ2n) is 8.89. The highest BCUT2D eigenvalue weighted by atomic mass is 35.5. The lowest BCUT2D eigenvalue weighted by atomic mass is 10.1. The first-order valence-electron chi connectivity index (χ1n) is 12.1. The monoisotopic (exact) mass is 479 g/mol. The van der Waals surface area contributed by atoms with Crippen LogP contribution in [0.4, 0.5) is 17.8 Å². The molecule has 2 aromatic heterocycles. The molecule has 8 nitrogen and oxygen atoms in total. The number of furan rings is 1. The van der Waals surface area contributed by atoms with Gasteiger partial charge in [-0.1, -0.05) is 23.7 Å². The Morgan fingerprint density at radius 3 is 2.15 bits per heavy atom. The van der Waals surface area contributed by atoms with Crippen molar-refractivity contribution in [2.45, 2.75) is 45.4 Å². The van der Waals surface area contributed by atoms with E-state index in [2.05, 4.69) is 30.3 Å². The van der Waals surface area contributed by atoms with Gasteiger partial charge < -0.3 is 14.2 Å². The number of aryl methyl sites for hydroxylation is 1. The van der Waals surface area contributed by atoms with Crippen LogP contribution < -0.4 is 15.2 Å². The van der Waals surface area contributed by atoms with E-state index in [1.807, 2.05) is 37.3 Å². The number of hydrogen-bond acceptors (Lipinski definition) is 8. The van der Waals surface area contributed by atoms with E-state index in [9.17, 15) is 0 Å². The Balaban J connectivity index is 1.33. The first-order chi connectivity index (χ1) is 16.7. The van der Waals surface area contributed by atoms with Crippen molar-refractivity contribution in [1.82, 2.24) is 15.0 Å². The van der Waals surface area contributed by atoms with Crippen molar-refractivity contribution in [2.75, 3.05) is 41.4 Å². The van der Waals surface area contributed by atoms with Crippen molar-refractivity contribution in [3.05, 3.63) is 46.7 Å². The predicted octanol–water partition coefficient (Wildman–Crippen LogP) is 5.52. The predicted molar refractivity (Wildman–Crippen MR) is 137 cm³/mol. The number of nitrogens with one attached hydrogen (secondary N) is 1. The van der Waals surface area contributed by atoms with Crippen molar-refractivity contribution in [3.8, 4) is 11.3 Å². The molecule has 0 spiro atoms. The summed E-state index contributed by atoms with van der Waals surface area (Å²) in [7, 11) is 0. The first-order valence-corrected chi connectivity index (χ1v) is 12.4. The molecule has 178 valence electrons. The third-order valence-corrected chi connectivity index (χ3v) is 6.74. The zero-order chi connectivity index (χ0) is 23.3. The maximum Gasteiger partial charge on any atom is 0.250 e. The van der Waals surface area contributed by atoms with E-state index in [0.717, 1.165) is 60.0 Å². The van der Waals surface area contributed by atoms with E-state index >= 15 is 0 Å². The smallest absolute Gasteiger partial charge is 0.250 e. The highest BCUT2D eigenvalue weighted by Crippen LogP contribution is 2.27. The molecule has 0 unspecified atom stereocenters. The number of aromatic nitrogens is 3. The molecule has 0 radical (unpaired) electrons. The van der Waals surface area contributed by atoms with E-state index in [0.29, 0.717) is 11.7 Å². The van der Waals surface area contributed by atoms with Crippen molar-refractivity contribution < 1.29 is 4.42 Å². The van der Waals surface area contributed by atoms with Crippen molar-refractivity contribution in [1.29, 1.82) is 0 Å². The molecule has 0 amide bonds. The van der Waals surface area contributed by atoms with Crippen LogP contribution in [0.15, 0.2) is 39.9 Å². The zero-order valence-electron chi connectivity index (χ0n) is 19.5. The lowest BCUT2D eigenvalue weighted by Crippen LogP contribution is -2.34. The Morgan fingerprint density at radius 2 is 1.53 bits per heavy atom. The minimum atomic E-state index is 0.449. The summed E-state index contributed by atoms with van der Waals surface area (Å²) in [5.74, 6) is 3.27. The molecule has 2 saturated heterocycles. The maximum atomic E-state index is 6.26. The Hall–Kier alpha value is -3.13. The molecule has 5 rings (SSSR count). The fourth-order valence-electron chi connectivity index (χ4n) is 4.35. The molecule has 34 heavy (non-hydrogen) atoms. The van der Waals surface area contributed by atoms with Gasteiger partial charge in [-0.3, -0.25) is 0 Å². The van der Waals surface area contributed by atoms with Crippen molar-refractivity contribution in [2.24, 2.45) is 5.10 Å². The Kier molecular flexibility index (Phi) is 6.94. The van der Waals surface area contributed by atoms with Crippen molar-refractivity contribution in [3.63, 3.8) is 0 Å². The van der Waals surface area contributed by atoms with Crippen LogP contribution in [-0.2, 0) is 0 Å². The normalized spacial score (nSPS) is 16.9. The lowest BCUT2D eigenvalue weighted by Gasteiger charge is -2.30. The van der Waals surface area contributed by atoms with E-state index in [4.69, 9.17) is 21.0 Å². The third kappa shape index (κ3) is 5.33. The fourth-order valence-corrected chi connectivity index (χ4v) is 4.53. The summed E-state index contributed by atoms with van der Waals surface area (Å²) in [4.78, 5) is 18.6. The van der Waals surface area contributed by atoms with E-state index in [-0.39, 0.29) is 0 Å². The van der Waals surface area contributed by atoms with Crippen LogP contribution in [0.3, 0.4) is 0 Å². The van der Waals surface area contributed by atoms with Gasteiger partial charge in [0.05, 0.1) is 6.21 Å². The van der Waals surface area contributed by atoms with Crippen LogP contribution in [0.1, 0.15) is 49.8 Å². The van der Waals surface area contributed by atoms with Gasteiger partial charge in [0.25, 0.3) is 0 Å². The summed E-state index contributed by atoms with van der Waals surface area (Å²) in [5.41, 5.74) is 4.95. The molecule has 2 aliphatic heterocycles. The van der Waals surface area contributed by atoms with Gasteiger partial charge in [-0.15, -0.1) is 0 Å². The molecule has 4 heterocycles. The number of anilines is 3. The summed E-state index contributed by atoms with van der Waals surface area (Å²) < 4.78 is 5.92. The van der Waals surface area contributed by atoms with E-state index in [1.54, 1.807) is 6.21 Å². The van der Waals surface area contributed by atoms with Crippen LogP contribution in [0.5, 0.6) is 0 Å². The number of hydrogen-bond donors (Lipinski definition) is 1. The van der Waals surface area contributed by atoms with Crippen LogP contribution in [0.25, 0.3) is 11.3 Å². The minimum Gasteiger partial charge on any atom is -0.455 e. The zero-order valence-corrected chi connectivity index (χ0v) is 20.3. The number of hydrazone groups is 1. The average Bonchev–Trinajstić information content (AvgIpc) is 3.35. The average molecular weight is 480 g/mol. The van der Waals surface area contributed by atoms with Crippen LogP contribution in [0, 0.1) is 6.92 Å². The summed E-state index contributed by atoms with van der Waals surface area (Å²) in [5, 5.41) is 5.06. The number of nitrogens with zero attached hydrogens (tertiary/aromatic N) is 6. The Labute approximate surface area is 205 Å². The lowest BCUT2D eigenvalue weighted by molar-refractivity contribution is 0.556. The van der Waals surface area contributed by atoms with Crippen LogP contribution >= 0.6 is 11.6 Å². The van der Waals surface area contributed by atoms with Gasteiger partial charge in [0.15, 0.2) is 0 Å². The molecule has 3 aromatic rings. The van der Waals surface area contributed by atoms with E-state index in [1.165, 1.54) is 38.5 Å². The molecule has 0 bridgehead atoms. The molecule has 1 aromatic carbocycles. The standard InChI is InChI=1S/C25H30ClN7O/c1-18-8-9-19(16-21(18)26)22-11-10-20(34-22)17-27-31-23-28-24(32-12-4-2-5-13-32)30-25(29-23)33-14-6-3-7-15-33/h8-11,16-17H,2-7,12-15H2,1H3,(H,28,29,30,31). The van der Waals surface area contributed by atoms with Gasteiger partial charge in [0.1, 0.15) is 11.5 Å². The second kappa shape index (κ2) is 10.4. The molecular weight excluding hydrogens is 450 g/mol. The van der Waals surface area contributed by atoms with E-state index < -0.39 is 0 Å². The van der Waals surface area contributed by atoms with Gasteiger partial charge in [-0.2, -0.15) is 20.1 Å². The summed E-state index contributed by atoms with van der Waals surface area (Å²) >= 11 is 6.26. The van der Waals surface area contributed by atoms with Gasteiger partial charge in [-0.25, -0.2) is 5.43 Å². The van der Waals surface area contributed by atoms with Crippen LogP contribution in [-0.4, -0.2) is 47.3 Å². The number of benzene rings is 1. The highest BCUT2D eigenvalue weighted by Gasteiger charge is 2.20. The molecule has 1 N–H and O–H groups in total. The summed E-state index contributed by atoms with van der Waals surface area (Å²) in [6.07, 6.45) is 8.81. The topological polar surface area (TPSA) is 82.7 Å². The molecular formula is C25H30ClN7O. The molecule has 9 heteroatoms. The van der Waals surface area contributed by atoms with Gasteiger partial charge in [-0.05, 0) is 69.2 Å². The largest absolute Gasteiger partial charge is 0.455 e. The Bertz CT molecular complexity index is 1110. The maximum absolute atomic E-state index is 6.26. The molecule has 0 saturated carbocycles. The molecule has 2 fully saturated rings. The quantitative estimate of drug-likeness (QED) is 0.368. The highest BCUT2D eigenvalue weighted by molar-refractivity contribution is 6.31. The number of piperidine rings is 2.